The number of carbonyl (C=O) groups is 1. The number of halogens is 1. The molecule has 4 rings (SSSR count). The molecular weight excluding hydrogens is 248 g/mol. The third kappa shape index (κ3) is 1.57. The van der Waals surface area contributed by atoms with Crippen LogP contribution in [0.2, 0.25) is 0 Å². The van der Waals surface area contributed by atoms with Crippen LogP contribution in [-0.2, 0) is 0 Å². The van der Waals surface area contributed by atoms with Crippen molar-refractivity contribution in [2.75, 3.05) is 19.6 Å². The maximum absolute atomic E-state index is 12.5. The number of fused-ring (bicyclic) bond motifs is 3. The van der Waals surface area contributed by atoms with Crippen molar-refractivity contribution in [1.82, 2.24) is 10.2 Å². The molecule has 2 aliphatic heterocycles. The summed E-state index contributed by atoms with van der Waals surface area (Å²) in [7, 11) is 0. The second-order valence-electron chi connectivity index (χ2n) is 5.30. The van der Waals surface area contributed by atoms with Crippen LogP contribution < -0.4 is 5.32 Å². The van der Waals surface area contributed by atoms with Gasteiger partial charge in [0.1, 0.15) is 0 Å². The molecule has 3 nitrogen and oxygen atoms in total. The maximum atomic E-state index is 12.5. The van der Waals surface area contributed by atoms with Crippen molar-refractivity contribution in [3.8, 4) is 0 Å². The minimum Gasteiger partial charge on any atom is -0.329 e. The second kappa shape index (κ2) is 4.25. The molecule has 1 amide bonds. The highest BCUT2D eigenvalue weighted by molar-refractivity contribution is 6.01. The van der Waals surface area contributed by atoms with Gasteiger partial charge in [-0.05, 0) is 29.9 Å². The third-order valence-electron chi connectivity index (χ3n) is 4.22. The van der Waals surface area contributed by atoms with Gasteiger partial charge in [0.05, 0.1) is 6.04 Å². The monoisotopic (exact) mass is 264 g/mol. The molecule has 1 atom stereocenters. The molecule has 4 heteroatoms. The van der Waals surface area contributed by atoms with Gasteiger partial charge in [-0.3, -0.25) is 4.79 Å². The molecule has 1 aromatic carbocycles. The molecule has 1 saturated heterocycles. The molecule has 96 valence electrons. The topological polar surface area (TPSA) is 32.3 Å². The second-order valence-corrected chi connectivity index (χ2v) is 5.30. The van der Waals surface area contributed by atoms with Crippen LogP contribution in [0, 0.1) is 0 Å². The molecule has 0 bridgehead atoms. The Morgan fingerprint density at radius 1 is 1.22 bits per heavy atom. The summed E-state index contributed by atoms with van der Waals surface area (Å²) in [6.45, 7) is 2.68. The first-order valence-electron chi connectivity index (χ1n) is 6.51. The fraction of sp³-hybridized carbons (Fsp3) is 0.500. The first kappa shape index (κ1) is 12.0. The van der Waals surface area contributed by atoms with E-state index in [1.54, 1.807) is 0 Å². The predicted molar refractivity (Wildman–Crippen MR) is 72.3 cm³/mol. The lowest BCUT2D eigenvalue weighted by Crippen LogP contribution is -2.44. The summed E-state index contributed by atoms with van der Waals surface area (Å²) in [5, 5.41) is 3.39. The van der Waals surface area contributed by atoms with Crippen LogP contribution in [0.15, 0.2) is 18.2 Å². The highest BCUT2D eigenvalue weighted by Crippen LogP contribution is 2.46. The van der Waals surface area contributed by atoms with Gasteiger partial charge in [-0.1, -0.05) is 18.2 Å². The van der Waals surface area contributed by atoms with Crippen molar-refractivity contribution >= 4 is 18.3 Å². The van der Waals surface area contributed by atoms with E-state index in [0.29, 0.717) is 5.92 Å². The molecule has 1 aliphatic carbocycles. The zero-order valence-corrected chi connectivity index (χ0v) is 11.0. The van der Waals surface area contributed by atoms with Gasteiger partial charge < -0.3 is 10.2 Å². The molecule has 0 spiro atoms. The fourth-order valence-corrected chi connectivity index (χ4v) is 3.22. The summed E-state index contributed by atoms with van der Waals surface area (Å²) in [6, 6.07) is 6.69. The highest BCUT2D eigenvalue weighted by atomic mass is 35.5. The van der Waals surface area contributed by atoms with Gasteiger partial charge in [0, 0.05) is 25.2 Å². The number of benzene rings is 1. The molecular formula is C14H17ClN2O. The molecule has 0 radical (unpaired) electrons. The highest BCUT2D eigenvalue weighted by Gasteiger charge is 2.41. The summed E-state index contributed by atoms with van der Waals surface area (Å²) >= 11 is 0. The summed E-state index contributed by atoms with van der Waals surface area (Å²) in [5.74, 6) is 0.928. The molecule has 0 unspecified atom stereocenters. The Kier molecular flexibility index (Phi) is 2.83. The largest absolute Gasteiger partial charge is 0.329 e. The Morgan fingerprint density at radius 3 is 2.78 bits per heavy atom. The van der Waals surface area contributed by atoms with Gasteiger partial charge >= 0.3 is 0 Å². The Morgan fingerprint density at radius 2 is 2.00 bits per heavy atom. The number of nitrogens with zero attached hydrogens (tertiary/aromatic N) is 1. The van der Waals surface area contributed by atoms with Crippen LogP contribution >= 0.6 is 12.4 Å². The third-order valence-corrected chi connectivity index (χ3v) is 4.22. The number of carbonyl (C=O) groups excluding carboxylic acids is 1. The first-order chi connectivity index (χ1) is 8.36. The molecule has 2 fully saturated rings. The number of hydrogen-bond donors (Lipinski definition) is 1. The quantitative estimate of drug-likeness (QED) is 0.842. The van der Waals surface area contributed by atoms with Crippen molar-refractivity contribution in [3.05, 3.63) is 34.9 Å². The standard InChI is InChI=1S/C14H16N2O.ClH/c17-14-13-10(9-4-5-9)2-1-3-11(13)12-8-15-6-7-16(12)14;/h1-3,9,12,15H,4-8H2;1H/t12-;/m0./s1. The summed E-state index contributed by atoms with van der Waals surface area (Å²) < 4.78 is 0. The lowest BCUT2D eigenvalue weighted by atomic mass is 9.96. The number of rotatable bonds is 1. The molecule has 1 N–H and O–H groups in total. The van der Waals surface area contributed by atoms with E-state index in [1.807, 2.05) is 4.90 Å². The van der Waals surface area contributed by atoms with E-state index in [1.165, 1.54) is 24.0 Å². The van der Waals surface area contributed by atoms with E-state index < -0.39 is 0 Å². The van der Waals surface area contributed by atoms with Crippen molar-refractivity contribution in [2.24, 2.45) is 0 Å². The fourth-order valence-electron chi connectivity index (χ4n) is 3.22. The normalized spacial score (nSPS) is 25.4. The van der Waals surface area contributed by atoms with Gasteiger partial charge in [-0.25, -0.2) is 0 Å². The zero-order chi connectivity index (χ0) is 11.4. The molecule has 3 aliphatic rings. The van der Waals surface area contributed by atoms with Gasteiger partial charge in [0.2, 0.25) is 0 Å². The minimum absolute atomic E-state index is 0. The SMILES string of the molecule is Cl.O=C1c2c(C3CC3)cccc2[C@@H]2CNCCN12. The van der Waals surface area contributed by atoms with E-state index in [-0.39, 0.29) is 24.4 Å². The van der Waals surface area contributed by atoms with Crippen LogP contribution in [0.5, 0.6) is 0 Å². The van der Waals surface area contributed by atoms with Crippen LogP contribution in [0.4, 0.5) is 0 Å². The number of amides is 1. The van der Waals surface area contributed by atoms with Crippen molar-refractivity contribution < 1.29 is 4.79 Å². The molecule has 1 saturated carbocycles. The van der Waals surface area contributed by atoms with Gasteiger partial charge in [-0.15, -0.1) is 12.4 Å². The average molecular weight is 265 g/mol. The first-order valence-corrected chi connectivity index (χ1v) is 6.51. The Balaban J connectivity index is 0.000001000. The van der Waals surface area contributed by atoms with Crippen LogP contribution in [-0.4, -0.2) is 30.4 Å². The Bertz CT molecular complexity index is 499. The van der Waals surface area contributed by atoms with Crippen LogP contribution in [0.3, 0.4) is 0 Å². The smallest absolute Gasteiger partial charge is 0.255 e. The summed E-state index contributed by atoms with van der Waals surface area (Å²) in [5.41, 5.74) is 3.59. The van der Waals surface area contributed by atoms with Crippen LogP contribution in [0.1, 0.15) is 46.3 Å². The predicted octanol–water partition coefficient (Wildman–Crippen LogP) is 2.09. The van der Waals surface area contributed by atoms with Crippen LogP contribution in [0.25, 0.3) is 0 Å². The van der Waals surface area contributed by atoms with Crippen molar-refractivity contribution in [2.45, 2.75) is 24.8 Å². The average Bonchev–Trinajstić information content (AvgIpc) is 3.18. The minimum atomic E-state index is 0. The zero-order valence-electron chi connectivity index (χ0n) is 10.2. The summed E-state index contributed by atoms with van der Waals surface area (Å²) in [6.07, 6.45) is 2.51. The lowest BCUT2D eigenvalue weighted by molar-refractivity contribution is 0.0690. The molecule has 0 aromatic heterocycles. The molecule has 2 heterocycles. The number of nitrogens with one attached hydrogen (secondary N) is 1. The summed E-state index contributed by atoms with van der Waals surface area (Å²) in [4.78, 5) is 14.5. The Labute approximate surface area is 113 Å². The van der Waals surface area contributed by atoms with E-state index in [0.717, 1.165) is 25.2 Å². The van der Waals surface area contributed by atoms with E-state index >= 15 is 0 Å². The van der Waals surface area contributed by atoms with E-state index in [9.17, 15) is 4.79 Å². The molecule has 1 aromatic rings. The van der Waals surface area contributed by atoms with Gasteiger partial charge in [0.15, 0.2) is 0 Å². The van der Waals surface area contributed by atoms with Gasteiger partial charge in [0.25, 0.3) is 5.91 Å². The maximum Gasteiger partial charge on any atom is 0.255 e. The van der Waals surface area contributed by atoms with Crippen molar-refractivity contribution in [3.63, 3.8) is 0 Å². The lowest BCUT2D eigenvalue weighted by Gasteiger charge is -2.30. The molecule has 18 heavy (non-hydrogen) atoms. The Hall–Kier alpha value is -1.06. The van der Waals surface area contributed by atoms with Gasteiger partial charge in [-0.2, -0.15) is 0 Å². The number of piperazine rings is 1. The van der Waals surface area contributed by atoms with E-state index in [4.69, 9.17) is 0 Å². The number of hydrogen-bond acceptors (Lipinski definition) is 2. The van der Waals surface area contributed by atoms with Crippen molar-refractivity contribution in [1.29, 1.82) is 0 Å². The van der Waals surface area contributed by atoms with E-state index in [2.05, 4.69) is 23.5 Å².